The number of H-pyrrole nitrogens is 1. The molecule has 0 radical (unpaired) electrons. The van der Waals surface area contributed by atoms with Crippen LogP contribution < -0.4 is 5.32 Å². The Morgan fingerprint density at radius 3 is 2.50 bits per heavy atom. The lowest BCUT2D eigenvalue weighted by atomic mass is 10.2. The number of hydrogen-bond donors (Lipinski definition) is 2. The predicted octanol–water partition coefficient (Wildman–Crippen LogP) is 2.20. The Morgan fingerprint density at radius 1 is 1.40 bits per heavy atom. The molecule has 1 amide bonds. The van der Waals surface area contributed by atoms with Crippen molar-refractivity contribution in [2.45, 2.75) is 39.3 Å². The number of imidazole rings is 1. The van der Waals surface area contributed by atoms with Gasteiger partial charge in [0.25, 0.3) is 0 Å². The third-order valence-electron chi connectivity index (χ3n) is 2.14. The second kappa shape index (κ2) is 7.14. The van der Waals surface area contributed by atoms with Crippen molar-refractivity contribution in [3.05, 3.63) is 17.7 Å². The number of rotatable bonds is 3. The summed E-state index contributed by atoms with van der Waals surface area (Å²) < 4.78 is 9.68. The molecule has 1 atom stereocenters. The molecule has 0 aliphatic heterocycles. The molecule has 0 saturated heterocycles. The molecular formula is C12H20ClN3O4. The maximum atomic E-state index is 11.6. The summed E-state index contributed by atoms with van der Waals surface area (Å²) in [5.41, 5.74) is -0.334. The van der Waals surface area contributed by atoms with Crippen LogP contribution in [0.4, 0.5) is 4.79 Å². The second-order valence-corrected chi connectivity index (χ2v) is 5.04. The highest BCUT2D eigenvalue weighted by Crippen LogP contribution is 2.11. The van der Waals surface area contributed by atoms with Gasteiger partial charge in [-0.05, 0) is 27.7 Å². The number of esters is 1. The molecule has 1 aromatic rings. The van der Waals surface area contributed by atoms with Crippen LogP contribution in [0.5, 0.6) is 0 Å². The van der Waals surface area contributed by atoms with Crippen LogP contribution in [0.1, 0.15) is 50.0 Å². The van der Waals surface area contributed by atoms with Gasteiger partial charge in [-0.1, -0.05) is 0 Å². The van der Waals surface area contributed by atoms with E-state index in [1.54, 1.807) is 27.7 Å². The van der Waals surface area contributed by atoms with Gasteiger partial charge >= 0.3 is 12.1 Å². The van der Waals surface area contributed by atoms with Crippen molar-refractivity contribution in [2.24, 2.45) is 0 Å². The van der Waals surface area contributed by atoms with Gasteiger partial charge in [0, 0.05) is 0 Å². The molecular weight excluding hydrogens is 286 g/mol. The van der Waals surface area contributed by atoms with Crippen molar-refractivity contribution in [3.63, 3.8) is 0 Å². The highest BCUT2D eigenvalue weighted by molar-refractivity contribution is 5.86. The van der Waals surface area contributed by atoms with Crippen molar-refractivity contribution in [1.29, 1.82) is 0 Å². The molecule has 0 unspecified atom stereocenters. The van der Waals surface area contributed by atoms with E-state index >= 15 is 0 Å². The van der Waals surface area contributed by atoms with Gasteiger partial charge in [-0.3, -0.25) is 0 Å². The molecule has 114 valence electrons. The van der Waals surface area contributed by atoms with E-state index in [1.807, 2.05) is 0 Å². The minimum absolute atomic E-state index is 0. The zero-order valence-corrected chi connectivity index (χ0v) is 13.0. The molecule has 1 heterocycles. The van der Waals surface area contributed by atoms with Crippen molar-refractivity contribution in [1.82, 2.24) is 15.3 Å². The fraction of sp³-hybridized carbons (Fsp3) is 0.583. The molecule has 1 rings (SSSR count). The minimum atomic E-state index is -0.565. The molecule has 0 saturated carbocycles. The van der Waals surface area contributed by atoms with Crippen LogP contribution in [0.3, 0.4) is 0 Å². The normalized spacial score (nSPS) is 12.1. The summed E-state index contributed by atoms with van der Waals surface area (Å²) in [5.74, 6) is -0.0607. The van der Waals surface area contributed by atoms with Gasteiger partial charge in [0.2, 0.25) is 0 Å². The molecule has 2 N–H and O–H groups in total. The van der Waals surface area contributed by atoms with E-state index in [0.717, 1.165) is 0 Å². The Hall–Kier alpha value is -1.76. The summed E-state index contributed by atoms with van der Waals surface area (Å²) in [7, 11) is 1.28. The lowest BCUT2D eigenvalue weighted by Crippen LogP contribution is -2.34. The second-order valence-electron chi connectivity index (χ2n) is 5.04. The number of nitrogens with one attached hydrogen (secondary N) is 2. The van der Waals surface area contributed by atoms with Crippen molar-refractivity contribution >= 4 is 24.5 Å². The number of halogens is 1. The Labute approximate surface area is 123 Å². The number of ether oxygens (including phenoxy) is 2. The Morgan fingerprint density at radius 2 is 2.00 bits per heavy atom. The standard InChI is InChI=1S/C12H19N3O4.ClH/c1-7(14-11(17)19-12(2,3)4)9-13-6-8(15-9)10(16)18-5;/h6-7H,1-5H3,(H,13,15)(H,14,17);1H/t7-;/m0./s1. The van der Waals surface area contributed by atoms with Crippen LogP contribution in [-0.4, -0.2) is 34.7 Å². The number of carbonyl (C=O) groups excluding carboxylic acids is 2. The third kappa shape index (κ3) is 5.48. The van der Waals surface area contributed by atoms with Crippen LogP contribution in [0.15, 0.2) is 6.20 Å². The third-order valence-corrected chi connectivity index (χ3v) is 2.14. The molecule has 0 bridgehead atoms. The van der Waals surface area contributed by atoms with E-state index in [9.17, 15) is 9.59 Å². The Balaban J connectivity index is 0.00000361. The van der Waals surface area contributed by atoms with Crippen LogP contribution in [0.2, 0.25) is 0 Å². The quantitative estimate of drug-likeness (QED) is 0.835. The van der Waals surface area contributed by atoms with Crippen LogP contribution in [-0.2, 0) is 9.47 Å². The zero-order valence-electron chi connectivity index (χ0n) is 12.1. The van der Waals surface area contributed by atoms with Gasteiger partial charge in [0.05, 0.1) is 19.3 Å². The average molecular weight is 306 g/mol. The topological polar surface area (TPSA) is 93.3 Å². The first-order valence-corrected chi connectivity index (χ1v) is 5.85. The lowest BCUT2D eigenvalue weighted by molar-refractivity contribution is 0.0505. The van der Waals surface area contributed by atoms with Gasteiger partial charge in [0.15, 0.2) is 0 Å². The van der Waals surface area contributed by atoms with E-state index in [1.165, 1.54) is 13.3 Å². The maximum absolute atomic E-state index is 11.6. The first kappa shape index (κ1) is 18.2. The predicted molar refractivity (Wildman–Crippen MR) is 75.0 cm³/mol. The smallest absolute Gasteiger partial charge is 0.408 e. The van der Waals surface area contributed by atoms with Crippen molar-refractivity contribution in [2.75, 3.05) is 7.11 Å². The molecule has 0 aliphatic rings. The van der Waals surface area contributed by atoms with E-state index in [0.29, 0.717) is 5.82 Å². The van der Waals surface area contributed by atoms with E-state index in [4.69, 9.17) is 4.74 Å². The van der Waals surface area contributed by atoms with Crippen molar-refractivity contribution in [3.8, 4) is 0 Å². The highest BCUT2D eigenvalue weighted by Gasteiger charge is 2.20. The summed E-state index contributed by atoms with van der Waals surface area (Å²) in [4.78, 5) is 29.6. The summed E-state index contributed by atoms with van der Waals surface area (Å²) >= 11 is 0. The van der Waals surface area contributed by atoms with Crippen LogP contribution in [0, 0.1) is 0 Å². The SMILES string of the molecule is COC(=O)c1cnc([C@H](C)NC(=O)OC(C)(C)C)[nH]1.Cl. The van der Waals surface area contributed by atoms with Crippen LogP contribution >= 0.6 is 12.4 Å². The largest absolute Gasteiger partial charge is 0.464 e. The molecule has 20 heavy (non-hydrogen) atoms. The van der Waals surface area contributed by atoms with E-state index in [2.05, 4.69) is 20.0 Å². The number of aromatic nitrogens is 2. The number of hydrogen-bond acceptors (Lipinski definition) is 5. The maximum Gasteiger partial charge on any atom is 0.408 e. The van der Waals surface area contributed by atoms with Crippen LogP contribution in [0.25, 0.3) is 0 Å². The highest BCUT2D eigenvalue weighted by atomic mass is 35.5. The first-order chi connectivity index (χ1) is 8.73. The fourth-order valence-corrected chi connectivity index (χ4v) is 1.32. The summed E-state index contributed by atoms with van der Waals surface area (Å²) in [6.45, 7) is 7.06. The average Bonchev–Trinajstić information content (AvgIpc) is 2.74. The Kier molecular flexibility index (Phi) is 6.51. The number of amides is 1. The monoisotopic (exact) mass is 305 g/mol. The molecule has 0 aliphatic carbocycles. The van der Waals surface area contributed by atoms with Gasteiger partial charge in [-0.15, -0.1) is 12.4 Å². The summed E-state index contributed by atoms with van der Waals surface area (Å²) in [5, 5.41) is 2.62. The lowest BCUT2D eigenvalue weighted by Gasteiger charge is -2.21. The van der Waals surface area contributed by atoms with Gasteiger partial charge in [-0.25, -0.2) is 14.6 Å². The molecule has 8 heteroatoms. The number of carbonyl (C=O) groups is 2. The first-order valence-electron chi connectivity index (χ1n) is 5.85. The van der Waals surface area contributed by atoms with Gasteiger partial charge in [0.1, 0.15) is 17.1 Å². The number of aromatic amines is 1. The summed E-state index contributed by atoms with van der Waals surface area (Å²) in [6, 6.07) is -0.409. The molecule has 0 spiro atoms. The Bertz CT molecular complexity index is 468. The molecule has 0 aromatic carbocycles. The molecule has 1 aromatic heterocycles. The summed E-state index contributed by atoms with van der Waals surface area (Å²) in [6.07, 6.45) is 0.810. The zero-order chi connectivity index (χ0) is 14.6. The van der Waals surface area contributed by atoms with E-state index in [-0.39, 0.29) is 18.1 Å². The minimum Gasteiger partial charge on any atom is -0.464 e. The molecule has 7 nitrogen and oxygen atoms in total. The van der Waals surface area contributed by atoms with Gasteiger partial charge in [-0.2, -0.15) is 0 Å². The fourth-order valence-electron chi connectivity index (χ4n) is 1.32. The van der Waals surface area contributed by atoms with Gasteiger partial charge < -0.3 is 19.8 Å². The number of nitrogens with zero attached hydrogens (tertiary/aromatic N) is 1. The van der Waals surface area contributed by atoms with E-state index < -0.39 is 23.7 Å². The number of methoxy groups -OCH3 is 1. The number of alkyl carbamates (subject to hydrolysis) is 1. The molecule has 0 fully saturated rings. The van der Waals surface area contributed by atoms with Crippen molar-refractivity contribution < 1.29 is 19.1 Å².